The molecule has 0 spiro atoms. The Morgan fingerprint density at radius 3 is 2.67 bits per heavy atom. The van der Waals surface area contributed by atoms with Gasteiger partial charge < -0.3 is 4.74 Å². The van der Waals surface area contributed by atoms with Crippen molar-refractivity contribution in [2.24, 2.45) is 5.92 Å². The first kappa shape index (κ1) is 16.0. The monoisotopic (exact) mass is 333 g/mol. The number of nitrogens with one attached hydrogen (secondary N) is 1. The second-order valence-electron chi connectivity index (χ2n) is 4.65. The van der Waals surface area contributed by atoms with E-state index in [9.17, 15) is 13.2 Å². The van der Waals surface area contributed by atoms with Crippen molar-refractivity contribution in [2.45, 2.75) is 12.8 Å². The topological polar surface area (TPSA) is 88.6 Å². The Hall–Kier alpha value is -1.38. The summed E-state index contributed by atoms with van der Waals surface area (Å²) in [6.07, 6.45) is 0.882. The zero-order valence-electron chi connectivity index (χ0n) is 11.5. The minimum atomic E-state index is -3.70. The highest BCUT2D eigenvalue weighted by molar-refractivity contribution is 7.90. The van der Waals surface area contributed by atoms with Gasteiger partial charge in [-0.05, 0) is 25.0 Å². The summed E-state index contributed by atoms with van der Waals surface area (Å²) < 4.78 is 32.8. The summed E-state index contributed by atoms with van der Waals surface area (Å²) in [6, 6.07) is 4.68. The number of ether oxygens (including phenoxy) is 1. The second kappa shape index (κ2) is 6.59. The molecule has 116 valence electrons. The zero-order chi connectivity index (χ0) is 15.5. The van der Waals surface area contributed by atoms with E-state index in [1.807, 2.05) is 0 Å². The molecule has 0 bridgehead atoms. The summed E-state index contributed by atoms with van der Waals surface area (Å²) in [5, 5.41) is 0.208. The number of hydrogen-bond acceptors (Lipinski definition) is 5. The maximum absolute atomic E-state index is 12.2. The number of rotatable bonds is 4. The van der Waals surface area contributed by atoms with Gasteiger partial charge in [-0.3, -0.25) is 9.52 Å². The number of hydrogen-bond donors (Lipinski definition) is 1. The first-order chi connectivity index (χ1) is 9.92. The minimum Gasteiger partial charge on any atom is -0.469 e. The van der Waals surface area contributed by atoms with Gasteiger partial charge in [0, 0.05) is 13.1 Å². The van der Waals surface area contributed by atoms with Crippen LogP contribution in [0.3, 0.4) is 0 Å². The second-order valence-corrected chi connectivity index (χ2v) is 6.71. The highest BCUT2D eigenvalue weighted by atomic mass is 35.5. The number of esters is 1. The first-order valence-corrected chi connectivity index (χ1v) is 8.22. The summed E-state index contributed by atoms with van der Waals surface area (Å²) in [6.45, 7) is 0.519. The van der Waals surface area contributed by atoms with Crippen LogP contribution in [0.15, 0.2) is 18.2 Å². The van der Waals surface area contributed by atoms with Gasteiger partial charge in [0.15, 0.2) is 0 Å². The molecule has 0 atom stereocenters. The van der Waals surface area contributed by atoms with Crippen molar-refractivity contribution in [3.8, 4) is 0 Å². The largest absolute Gasteiger partial charge is 0.469 e. The third-order valence-electron chi connectivity index (χ3n) is 3.28. The summed E-state index contributed by atoms with van der Waals surface area (Å²) in [7, 11) is -2.37. The Balaban J connectivity index is 2.00. The lowest BCUT2D eigenvalue weighted by Gasteiger charge is -2.29. The lowest BCUT2D eigenvalue weighted by Crippen LogP contribution is -2.43. The molecule has 1 aliphatic heterocycles. The SMILES string of the molecule is COC(=O)C1CCN(S(=O)(=O)Nc2cccc(Cl)n2)CC1. The van der Waals surface area contributed by atoms with Gasteiger partial charge in [-0.15, -0.1) is 0 Å². The van der Waals surface area contributed by atoms with E-state index in [1.165, 1.54) is 17.5 Å². The molecular formula is C12H16ClN3O4S. The van der Waals surface area contributed by atoms with Crippen molar-refractivity contribution in [1.29, 1.82) is 0 Å². The third kappa shape index (κ3) is 4.05. The molecule has 0 radical (unpaired) electrons. The molecule has 2 heterocycles. The lowest BCUT2D eigenvalue weighted by molar-refractivity contribution is -0.146. The summed E-state index contributed by atoms with van der Waals surface area (Å²) >= 11 is 5.72. The Bertz CT molecular complexity index is 615. The Kier molecular flexibility index (Phi) is 5.02. The van der Waals surface area contributed by atoms with E-state index in [0.717, 1.165) is 0 Å². The summed E-state index contributed by atoms with van der Waals surface area (Å²) in [5.74, 6) is -0.375. The van der Waals surface area contributed by atoms with Gasteiger partial charge in [0.05, 0.1) is 13.0 Å². The van der Waals surface area contributed by atoms with E-state index >= 15 is 0 Å². The third-order valence-corrected chi connectivity index (χ3v) is 5.00. The molecule has 0 aliphatic carbocycles. The molecule has 7 nitrogen and oxygen atoms in total. The van der Waals surface area contributed by atoms with Gasteiger partial charge in [0.1, 0.15) is 11.0 Å². The van der Waals surface area contributed by atoms with E-state index in [0.29, 0.717) is 12.8 Å². The molecule has 0 unspecified atom stereocenters. The highest BCUT2D eigenvalue weighted by Crippen LogP contribution is 2.21. The van der Waals surface area contributed by atoms with Crippen molar-refractivity contribution < 1.29 is 17.9 Å². The van der Waals surface area contributed by atoms with Crippen LogP contribution in [0.25, 0.3) is 0 Å². The van der Waals surface area contributed by atoms with Crippen LogP contribution in [-0.2, 0) is 19.7 Å². The number of methoxy groups -OCH3 is 1. The zero-order valence-corrected chi connectivity index (χ0v) is 13.0. The van der Waals surface area contributed by atoms with E-state index in [2.05, 4.69) is 14.4 Å². The fraction of sp³-hybridized carbons (Fsp3) is 0.500. The number of piperidine rings is 1. The van der Waals surface area contributed by atoms with E-state index < -0.39 is 10.2 Å². The summed E-state index contributed by atoms with van der Waals surface area (Å²) in [4.78, 5) is 15.3. The normalized spacial score (nSPS) is 17.4. The van der Waals surface area contributed by atoms with Gasteiger partial charge in [-0.1, -0.05) is 17.7 Å². The maximum Gasteiger partial charge on any atom is 0.308 e. The number of halogens is 1. The molecule has 1 fully saturated rings. The smallest absolute Gasteiger partial charge is 0.308 e. The summed E-state index contributed by atoms with van der Waals surface area (Å²) in [5.41, 5.74) is 0. The van der Waals surface area contributed by atoms with Crippen LogP contribution in [0, 0.1) is 5.92 Å². The number of anilines is 1. The number of nitrogens with zero attached hydrogens (tertiary/aromatic N) is 2. The van der Waals surface area contributed by atoms with Gasteiger partial charge in [0.25, 0.3) is 0 Å². The van der Waals surface area contributed by atoms with Gasteiger partial charge in [0.2, 0.25) is 0 Å². The number of carbonyl (C=O) groups excluding carboxylic acids is 1. The van der Waals surface area contributed by atoms with E-state index in [-0.39, 0.29) is 35.9 Å². The van der Waals surface area contributed by atoms with Crippen LogP contribution in [0.1, 0.15) is 12.8 Å². The lowest BCUT2D eigenvalue weighted by atomic mass is 9.99. The van der Waals surface area contributed by atoms with Crippen LogP contribution in [0.4, 0.5) is 5.82 Å². The average Bonchev–Trinajstić information content (AvgIpc) is 2.46. The van der Waals surface area contributed by atoms with Crippen LogP contribution in [0.5, 0.6) is 0 Å². The van der Waals surface area contributed by atoms with E-state index in [4.69, 9.17) is 11.6 Å². The molecule has 1 saturated heterocycles. The molecule has 9 heteroatoms. The average molecular weight is 334 g/mol. The Morgan fingerprint density at radius 1 is 1.43 bits per heavy atom. The van der Waals surface area contributed by atoms with Crippen molar-refractivity contribution in [1.82, 2.24) is 9.29 Å². The van der Waals surface area contributed by atoms with E-state index in [1.54, 1.807) is 12.1 Å². The van der Waals surface area contributed by atoms with Crippen LogP contribution in [-0.4, -0.2) is 43.9 Å². The molecule has 2 rings (SSSR count). The first-order valence-electron chi connectivity index (χ1n) is 6.40. The minimum absolute atomic E-state index is 0.164. The quantitative estimate of drug-likeness (QED) is 0.662. The molecular weight excluding hydrogens is 318 g/mol. The molecule has 1 aromatic rings. The van der Waals surface area contributed by atoms with Gasteiger partial charge >= 0.3 is 16.2 Å². The van der Waals surface area contributed by atoms with Crippen molar-refractivity contribution in [3.63, 3.8) is 0 Å². The Morgan fingerprint density at radius 2 is 2.10 bits per heavy atom. The standard InChI is InChI=1S/C12H16ClN3O4S/c1-20-12(17)9-5-7-16(8-6-9)21(18,19)15-11-4-2-3-10(13)14-11/h2-4,9H,5-8H2,1H3,(H,14,15). The predicted molar refractivity (Wildman–Crippen MR) is 78.1 cm³/mol. The fourth-order valence-corrected chi connectivity index (χ4v) is 3.52. The highest BCUT2D eigenvalue weighted by Gasteiger charge is 2.31. The van der Waals surface area contributed by atoms with Crippen molar-refractivity contribution in [2.75, 3.05) is 24.9 Å². The number of aromatic nitrogens is 1. The molecule has 0 saturated carbocycles. The molecule has 1 aliphatic rings. The van der Waals surface area contributed by atoms with Crippen LogP contribution in [0.2, 0.25) is 5.15 Å². The maximum atomic E-state index is 12.2. The van der Waals surface area contributed by atoms with Crippen molar-refractivity contribution in [3.05, 3.63) is 23.4 Å². The van der Waals surface area contributed by atoms with Crippen LogP contribution < -0.4 is 4.72 Å². The molecule has 21 heavy (non-hydrogen) atoms. The number of pyridine rings is 1. The molecule has 1 N–H and O–H groups in total. The van der Waals surface area contributed by atoms with Crippen molar-refractivity contribution >= 4 is 33.6 Å². The molecule has 1 aromatic heterocycles. The van der Waals surface area contributed by atoms with Crippen LogP contribution >= 0.6 is 11.6 Å². The predicted octanol–water partition coefficient (Wildman–Crippen LogP) is 1.28. The Labute approximate surface area is 128 Å². The van der Waals surface area contributed by atoms with Gasteiger partial charge in [-0.2, -0.15) is 12.7 Å². The van der Waals surface area contributed by atoms with Gasteiger partial charge in [-0.25, -0.2) is 4.98 Å². The fourth-order valence-electron chi connectivity index (χ4n) is 2.16. The molecule has 0 aromatic carbocycles. The number of carbonyl (C=O) groups is 1. The molecule has 0 amide bonds.